The van der Waals surface area contributed by atoms with Crippen molar-refractivity contribution < 1.29 is 33.3 Å². The minimum Gasteiger partial charge on any atom is -0.459 e. The molecule has 0 aliphatic carbocycles. The predicted octanol–water partition coefficient (Wildman–Crippen LogP) is 0.830. The smallest absolute Gasteiger partial charge is 0.338 e. The molecule has 1 aromatic carbocycles. The number of benzene rings is 1. The summed E-state index contributed by atoms with van der Waals surface area (Å²) >= 11 is 0. The Morgan fingerprint density at radius 2 is 2.00 bits per heavy atom. The van der Waals surface area contributed by atoms with Gasteiger partial charge in [0.1, 0.15) is 12.7 Å². The molecular weight excluding hydrogens is 283 g/mol. The number of esters is 2. The number of aliphatic hydroxyl groups excluding tert-OH is 1. The fourth-order valence-electron chi connectivity index (χ4n) is 1.96. The highest BCUT2D eigenvalue weighted by molar-refractivity contribution is 5.89. The quantitative estimate of drug-likeness (QED) is 0.829. The second kappa shape index (κ2) is 6.64. The first-order valence-corrected chi connectivity index (χ1v) is 6.36. The molecule has 21 heavy (non-hydrogen) atoms. The summed E-state index contributed by atoms with van der Waals surface area (Å²) < 4.78 is 28.4. The van der Waals surface area contributed by atoms with E-state index in [1.807, 2.05) is 0 Å². The summed E-state index contributed by atoms with van der Waals surface area (Å²) in [5.41, 5.74) is 0.322. The average Bonchev–Trinajstić information content (AvgIpc) is 2.73. The van der Waals surface area contributed by atoms with Crippen molar-refractivity contribution in [2.24, 2.45) is 0 Å². The van der Waals surface area contributed by atoms with Gasteiger partial charge in [0, 0.05) is 6.92 Å². The average molecular weight is 298 g/mol. The van der Waals surface area contributed by atoms with Crippen LogP contribution in [0.25, 0.3) is 0 Å². The molecule has 0 aromatic heterocycles. The summed E-state index contributed by atoms with van der Waals surface area (Å²) in [6, 6.07) is 8.19. The van der Waals surface area contributed by atoms with Gasteiger partial charge < -0.3 is 19.3 Å². The van der Waals surface area contributed by atoms with E-state index in [1.54, 1.807) is 30.3 Å². The SMILES string of the molecule is CC(=O)O[C@H]1C(O)O[C@H](COC(=O)c2ccccc2)[C@H]1F. The van der Waals surface area contributed by atoms with E-state index in [0.717, 1.165) is 6.92 Å². The van der Waals surface area contributed by atoms with E-state index >= 15 is 0 Å². The molecule has 2 rings (SSSR count). The Hall–Kier alpha value is -1.99. The maximum absolute atomic E-state index is 14.0. The number of ether oxygens (including phenoxy) is 3. The number of aliphatic hydroxyl groups is 1. The van der Waals surface area contributed by atoms with Crippen molar-refractivity contribution in [1.29, 1.82) is 0 Å². The first kappa shape index (κ1) is 15.4. The maximum atomic E-state index is 14.0. The van der Waals surface area contributed by atoms with Crippen molar-refractivity contribution in [3.8, 4) is 0 Å². The molecule has 0 bridgehead atoms. The first-order valence-electron chi connectivity index (χ1n) is 6.36. The highest BCUT2D eigenvalue weighted by Crippen LogP contribution is 2.26. The Morgan fingerprint density at radius 1 is 1.33 bits per heavy atom. The van der Waals surface area contributed by atoms with Gasteiger partial charge >= 0.3 is 11.9 Å². The minimum atomic E-state index is -1.77. The van der Waals surface area contributed by atoms with Crippen molar-refractivity contribution in [3.63, 3.8) is 0 Å². The topological polar surface area (TPSA) is 82.1 Å². The lowest BCUT2D eigenvalue weighted by Crippen LogP contribution is -2.35. The molecule has 1 unspecified atom stereocenters. The first-order chi connectivity index (χ1) is 9.99. The summed E-state index contributed by atoms with van der Waals surface area (Å²) in [5.74, 6) is -1.36. The van der Waals surface area contributed by atoms with Crippen LogP contribution in [0.2, 0.25) is 0 Å². The van der Waals surface area contributed by atoms with Crippen LogP contribution in [0, 0.1) is 0 Å². The van der Waals surface area contributed by atoms with E-state index in [1.165, 1.54) is 0 Å². The summed E-state index contributed by atoms with van der Waals surface area (Å²) in [5, 5.41) is 9.48. The van der Waals surface area contributed by atoms with Crippen LogP contribution < -0.4 is 0 Å². The second-order valence-corrected chi connectivity index (χ2v) is 4.55. The van der Waals surface area contributed by atoms with Crippen LogP contribution in [0.4, 0.5) is 4.39 Å². The zero-order valence-electron chi connectivity index (χ0n) is 11.3. The van der Waals surface area contributed by atoms with Crippen molar-refractivity contribution in [1.82, 2.24) is 0 Å². The number of carbonyl (C=O) groups excluding carboxylic acids is 2. The van der Waals surface area contributed by atoms with E-state index in [0.29, 0.717) is 5.56 Å². The Kier molecular flexibility index (Phi) is 4.87. The van der Waals surface area contributed by atoms with Gasteiger partial charge in [-0.2, -0.15) is 0 Å². The van der Waals surface area contributed by atoms with E-state index in [9.17, 15) is 19.1 Å². The molecule has 0 amide bonds. The summed E-state index contributed by atoms with van der Waals surface area (Å²) in [6.45, 7) is 0.714. The van der Waals surface area contributed by atoms with Gasteiger partial charge in [-0.3, -0.25) is 4.79 Å². The summed E-state index contributed by atoms with van der Waals surface area (Å²) in [7, 11) is 0. The van der Waals surface area contributed by atoms with E-state index in [-0.39, 0.29) is 6.61 Å². The van der Waals surface area contributed by atoms with Gasteiger partial charge in [-0.05, 0) is 12.1 Å². The lowest BCUT2D eigenvalue weighted by atomic mass is 10.1. The predicted molar refractivity (Wildman–Crippen MR) is 68.1 cm³/mol. The molecule has 1 aliphatic heterocycles. The minimum absolute atomic E-state index is 0.322. The maximum Gasteiger partial charge on any atom is 0.338 e. The molecule has 6 nitrogen and oxygen atoms in total. The Morgan fingerprint density at radius 3 is 2.62 bits per heavy atom. The van der Waals surface area contributed by atoms with Crippen molar-refractivity contribution in [2.45, 2.75) is 31.6 Å². The molecule has 1 aliphatic rings. The monoisotopic (exact) mass is 298 g/mol. The highest BCUT2D eigenvalue weighted by Gasteiger charge is 2.47. The molecule has 0 radical (unpaired) electrons. The molecule has 4 atom stereocenters. The highest BCUT2D eigenvalue weighted by atomic mass is 19.1. The molecule has 1 aromatic rings. The van der Waals surface area contributed by atoms with Gasteiger partial charge in [-0.15, -0.1) is 0 Å². The van der Waals surface area contributed by atoms with Gasteiger partial charge in [0.25, 0.3) is 0 Å². The Balaban J connectivity index is 1.89. The fraction of sp³-hybridized carbons (Fsp3) is 0.429. The third-order valence-corrected chi connectivity index (χ3v) is 2.95. The molecule has 1 N–H and O–H groups in total. The molecule has 1 fully saturated rings. The second-order valence-electron chi connectivity index (χ2n) is 4.55. The molecule has 1 saturated heterocycles. The number of hydrogen-bond acceptors (Lipinski definition) is 6. The third kappa shape index (κ3) is 3.77. The van der Waals surface area contributed by atoms with Crippen LogP contribution >= 0.6 is 0 Å². The van der Waals surface area contributed by atoms with Crippen molar-refractivity contribution >= 4 is 11.9 Å². The number of halogens is 1. The van der Waals surface area contributed by atoms with Crippen molar-refractivity contribution in [2.75, 3.05) is 6.61 Å². The number of carbonyl (C=O) groups is 2. The van der Waals surface area contributed by atoms with Crippen LogP contribution in [-0.4, -0.2) is 48.3 Å². The van der Waals surface area contributed by atoms with Gasteiger partial charge in [0.15, 0.2) is 18.6 Å². The molecule has 7 heteroatoms. The van der Waals surface area contributed by atoms with Gasteiger partial charge in [-0.25, -0.2) is 9.18 Å². The zero-order chi connectivity index (χ0) is 15.4. The lowest BCUT2D eigenvalue weighted by molar-refractivity contribution is -0.169. The third-order valence-electron chi connectivity index (χ3n) is 2.95. The van der Waals surface area contributed by atoms with Crippen LogP contribution in [-0.2, 0) is 19.0 Å². The van der Waals surface area contributed by atoms with Gasteiger partial charge in [-0.1, -0.05) is 18.2 Å². The van der Waals surface area contributed by atoms with E-state index in [4.69, 9.17) is 9.47 Å². The molecular formula is C14H15FO6. The summed E-state index contributed by atoms with van der Waals surface area (Å²) in [4.78, 5) is 22.5. The van der Waals surface area contributed by atoms with E-state index < -0.39 is 36.6 Å². The van der Waals surface area contributed by atoms with Gasteiger partial charge in [0.2, 0.25) is 0 Å². The Labute approximate surface area is 120 Å². The van der Waals surface area contributed by atoms with Crippen molar-refractivity contribution in [3.05, 3.63) is 35.9 Å². The standard InChI is InChI=1S/C14H15FO6/c1-8(16)20-12-11(15)10(21-14(12)18)7-19-13(17)9-5-3-2-4-6-9/h2-6,10-12,14,18H,7H2,1H3/t10-,11-,12-,14?/m1/s1. The number of hydrogen-bond donors (Lipinski definition) is 1. The molecule has 1 heterocycles. The van der Waals surface area contributed by atoms with Crippen LogP contribution in [0.1, 0.15) is 17.3 Å². The molecule has 0 spiro atoms. The van der Waals surface area contributed by atoms with Gasteiger partial charge in [0.05, 0.1) is 5.56 Å². The fourth-order valence-corrected chi connectivity index (χ4v) is 1.96. The number of alkyl halides is 1. The molecule has 0 saturated carbocycles. The largest absolute Gasteiger partial charge is 0.459 e. The Bertz CT molecular complexity index is 505. The van der Waals surface area contributed by atoms with Crippen LogP contribution in [0.15, 0.2) is 30.3 Å². The zero-order valence-corrected chi connectivity index (χ0v) is 11.3. The molecule has 114 valence electrons. The lowest BCUT2D eigenvalue weighted by Gasteiger charge is -2.15. The van der Waals surface area contributed by atoms with Crippen LogP contribution in [0.5, 0.6) is 0 Å². The number of rotatable bonds is 4. The van der Waals surface area contributed by atoms with Crippen LogP contribution in [0.3, 0.4) is 0 Å². The summed E-state index contributed by atoms with van der Waals surface area (Å²) in [6.07, 6.45) is -5.95. The normalized spacial score (nSPS) is 28.1. The van der Waals surface area contributed by atoms with E-state index in [2.05, 4.69) is 4.74 Å².